The number of nitrogens with one attached hydrogen (secondary N) is 2. The first-order chi connectivity index (χ1) is 11.6. The van der Waals surface area contributed by atoms with E-state index in [1.165, 1.54) is 17.6 Å². The first kappa shape index (κ1) is 21.6. The van der Waals surface area contributed by atoms with E-state index in [1.807, 2.05) is 7.05 Å². The number of aromatic nitrogens is 3. The number of amides is 1. The molecule has 0 aliphatic carbocycles. The standard InChI is InChI=1S/C15H27N7O2.HI/c1-21(2)14(23)10-18-15(16-8-12-6-4-5-7-24-12)17-9-13-19-11-20-22(13)3;/h11-12H,4-10H2,1-3H3,(H2,16,17,18);1H. The molecule has 10 heteroatoms. The lowest BCUT2D eigenvalue weighted by Crippen LogP contribution is -2.45. The highest BCUT2D eigenvalue weighted by atomic mass is 127. The average molecular weight is 465 g/mol. The zero-order valence-electron chi connectivity index (χ0n) is 15.1. The van der Waals surface area contributed by atoms with E-state index >= 15 is 0 Å². The highest BCUT2D eigenvalue weighted by molar-refractivity contribution is 14.0. The van der Waals surface area contributed by atoms with Crippen LogP contribution in [0.2, 0.25) is 0 Å². The highest BCUT2D eigenvalue weighted by Crippen LogP contribution is 2.11. The van der Waals surface area contributed by atoms with Crippen molar-refractivity contribution in [2.45, 2.75) is 31.9 Å². The van der Waals surface area contributed by atoms with Gasteiger partial charge in [0.05, 0.1) is 12.6 Å². The molecule has 0 aromatic carbocycles. The lowest BCUT2D eigenvalue weighted by atomic mass is 10.1. The van der Waals surface area contributed by atoms with Crippen molar-refractivity contribution in [1.82, 2.24) is 30.3 Å². The molecule has 0 radical (unpaired) electrons. The van der Waals surface area contributed by atoms with E-state index < -0.39 is 0 Å². The summed E-state index contributed by atoms with van der Waals surface area (Å²) in [5.74, 6) is 1.31. The fourth-order valence-corrected chi connectivity index (χ4v) is 2.28. The van der Waals surface area contributed by atoms with Gasteiger partial charge in [0.2, 0.25) is 5.91 Å². The Kier molecular flexibility index (Phi) is 9.71. The van der Waals surface area contributed by atoms with Crippen molar-refractivity contribution in [2.24, 2.45) is 12.0 Å². The molecule has 1 saturated heterocycles. The Morgan fingerprint density at radius 3 is 2.84 bits per heavy atom. The summed E-state index contributed by atoms with van der Waals surface area (Å²) in [6.07, 6.45) is 5.03. The van der Waals surface area contributed by atoms with Crippen LogP contribution in [0.4, 0.5) is 0 Å². The Morgan fingerprint density at radius 2 is 2.24 bits per heavy atom. The van der Waals surface area contributed by atoms with Gasteiger partial charge in [-0.3, -0.25) is 9.48 Å². The molecule has 0 spiro atoms. The Bertz CT molecular complexity index is 556. The third-order valence-electron chi connectivity index (χ3n) is 3.86. The molecule has 1 amide bonds. The number of ether oxygens (including phenoxy) is 1. The molecule has 1 aromatic rings. The number of aliphatic imine (C=N–C) groups is 1. The quantitative estimate of drug-likeness (QED) is 0.352. The number of carbonyl (C=O) groups is 1. The predicted molar refractivity (Wildman–Crippen MR) is 106 cm³/mol. The number of aryl methyl sites for hydroxylation is 1. The molecule has 1 unspecified atom stereocenters. The lowest BCUT2D eigenvalue weighted by molar-refractivity contribution is -0.127. The van der Waals surface area contributed by atoms with E-state index in [9.17, 15) is 4.79 Å². The van der Waals surface area contributed by atoms with Crippen molar-refractivity contribution < 1.29 is 9.53 Å². The molecule has 2 heterocycles. The summed E-state index contributed by atoms with van der Waals surface area (Å²) < 4.78 is 7.39. The highest BCUT2D eigenvalue weighted by Gasteiger charge is 2.14. The van der Waals surface area contributed by atoms with Crippen LogP contribution in [0.3, 0.4) is 0 Å². The van der Waals surface area contributed by atoms with Crippen LogP contribution in [0.5, 0.6) is 0 Å². The molecule has 9 nitrogen and oxygen atoms in total. The fourth-order valence-electron chi connectivity index (χ4n) is 2.28. The second-order valence-electron chi connectivity index (χ2n) is 5.98. The van der Waals surface area contributed by atoms with Gasteiger partial charge >= 0.3 is 0 Å². The molecule has 1 aliphatic heterocycles. The lowest BCUT2D eigenvalue weighted by Gasteiger charge is -2.24. The molecule has 2 N–H and O–H groups in total. The van der Waals surface area contributed by atoms with Gasteiger partial charge in [-0.1, -0.05) is 0 Å². The maximum absolute atomic E-state index is 11.8. The Labute approximate surface area is 165 Å². The second kappa shape index (κ2) is 11.2. The van der Waals surface area contributed by atoms with Crippen LogP contribution in [0.25, 0.3) is 0 Å². The van der Waals surface area contributed by atoms with Gasteiger partial charge in [-0.2, -0.15) is 5.10 Å². The Balaban J connectivity index is 0.00000312. The second-order valence-corrected chi connectivity index (χ2v) is 5.98. The number of likely N-dealkylation sites (N-methyl/N-ethyl adjacent to an activating group) is 1. The SMILES string of the molecule is CN(C)C(=O)CNC(=NCc1ncnn1C)NCC1CCCCO1.I. The summed E-state index contributed by atoms with van der Waals surface area (Å²) in [6, 6.07) is 0. The molecule has 1 atom stereocenters. The number of carbonyl (C=O) groups excluding carboxylic acids is 1. The fraction of sp³-hybridized carbons (Fsp3) is 0.733. The van der Waals surface area contributed by atoms with E-state index in [4.69, 9.17) is 4.74 Å². The monoisotopic (exact) mass is 465 g/mol. The molecule has 0 bridgehead atoms. The summed E-state index contributed by atoms with van der Waals surface area (Å²) in [5.41, 5.74) is 0. The number of hydrogen-bond acceptors (Lipinski definition) is 5. The first-order valence-corrected chi connectivity index (χ1v) is 8.23. The third kappa shape index (κ3) is 7.55. The van der Waals surface area contributed by atoms with Crippen LogP contribution in [-0.2, 0) is 23.1 Å². The topological polar surface area (TPSA) is 96.7 Å². The molecule has 1 fully saturated rings. The summed E-state index contributed by atoms with van der Waals surface area (Å²) >= 11 is 0. The van der Waals surface area contributed by atoms with E-state index in [-0.39, 0.29) is 42.5 Å². The summed E-state index contributed by atoms with van der Waals surface area (Å²) in [4.78, 5) is 21.9. The van der Waals surface area contributed by atoms with Crippen LogP contribution in [0.1, 0.15) is 25.1 Å². The molecule has 0 saturated carbocycles. The minimum atomic E-state index is -0.0166. The van der Waals surface area contributed by atoms with Gasteiger partial charge in [0.25, 0.3) is 0 Å². The minimum Gasteiger partial charge on any atom is -0.376 e. The van der Waals surface area contributed by atoms with E-state index in [0.29, 0.717) is 19.0 Å². The maximum Gasteiger partial charge on any atom is 0.241 e. The largest absolute Gasteiger partial charge is 0.376 e. The van der Waals surface area contributed by atoms with E-state index in [0.717, 1.165) is 25.3 Å². The zero-order valence-corrected chi connectivity index (χ0v) is 17.4. The molecule has 142 valence electrons. The van der Waals surface area contributed by atoms with Crippen LogP contribution >= 0.6 is 24.0 Å². The van der Waals surface area contributed by atoms with Gasteiger partial charge in [0.1, 0.15) is 18.7 Å². The van der Waals surface area contributed by atoms with Crippen molar-refractivity contribution in [1.29, 1.82) is 0 Å². The van der Waals surface area contributed by atoms with Gasteiger partial charge in [-0.15, -0.1) is 24.0 Å². The number of hydrogen-bond donors (Lipinski definition) is 2. The minimum absolute atomic E-state index is 0. The Morgan fingerprint density at radius 1 is 1.44 bits per heavy atom. The number of guanidine groups is 1. The van der Waals surface area contributed by atoms with Crippen molar-refractivity contribution >= 4 is 35.8 Å². The summed E-state index contributed by atoms with van der Waals surface area (Å²) in [5, 5.41) is 10.3. The van der Waals surface area contributed by atoms with Crippen molar-refractivity contribution in [3.63, 3.8) is 0 Å². The number of nitrogens with zero attached hydrogens (tertiary/aromatic N) is 5. The molecular formula is C15H28IN7O2. The van der Waals surface area contributed by atoms with Gasteiger partial charge in [0, 0.05) is 34.3 Å². The predicted octanol–water partition coefficient (Wildman–Crippen LogP) is 0.126. The maximum atomic E-state index is 11.8. The summed E-state index contributed by atoms with van der Waals surface area (Å²) in [6.45, 7) is 2.04. The van der Waals surface area contributed by atoms with Crippen molar-refractivity contribution in [3.8, 4) is 0 Å². The van der Waals surface area contributed by atoms with Crippen LogP contribution in [0, 0.1) is 0 Å². The molecule has 1 aliphatic rings. The van der Waals surface area contributed by atoms with Crippen LogP contribution < -0.4 is 10.6 Å². The average Bonchev–Trinajstić information content (AvgIpc) is 2.99. The van der Waals surface area contributed by atoms with Gasteiger partial charge in [-0.25, -0.2) is 9.98 Å². The Hall–Kier alpha value is -1.43. The first-order valence-electron chi connectivity index (χ1n) is 8.23. The van der Waals surface area contributed by atoms with Crippen molar-refractivity contribution in [3.05, 3.63) is 12.2 Å². The molecule has 2 rings (SSSR count). The third-order valence-corrected chi connectivity index (χ3v) is 3.86. The molecule has 1 aromatic heterocycles. The van der Waals surface area contributed by atoms with Gasteiger partial charge in [0.15, 0.2) is 5.96 Å². The van der Waals surface area contributed by atoms with E-state index in [1.54, 1.807) is 18.8 Å². The van der Waals surface area contributed by atoms with Gasteiger partial charge in [-0.05, 0) is 19.3 Å². The number of rotatable bonds is 6. The smallest absolute Gasteiger partial charge is 0.241 e. The van der Waals surface area contributed by atoms with Gasteiger partial charge < -0.3 is 20.3 Å². The van der Waals surface area contributed by atoms with Crippen molar-refractivity contribution in [2.75, 3.05) is 33.8 Å². The molecular weight excluding hydrogens is 437 g/mol. The van der Waals surface area contributed by atoms with Crippen LogP contribution in [0.15, 0.2) is 11.3 Å². The van der Waals surface area contributed by atoms with Crippen LogP contribution in [-0.4, -0.2) is 71.4 Å². The van der Waals surface area contributed by atoms with E-state index in [2.05, 4.69) is 25.7 Å². The zero-order chi connectivity index (χ0) is 17.4. The summed E-state index contributed by atoms with van der Waals surface area (Å²) in [7, 11) is 5.27. The number of halogens is 1. The molecule has 25 heavy (non-hydrogen) atoms. The normalized spacial score (nSPS) is 17.6.